The standard InChI is InChI=1S/C26H25N3O4S/c1-5-33-20-9-7-18(8-10-20)16-27-29(26-28-23-11-6-17(2)12-24(23)34-26)25(30)19-13-21(31-3)15-22(14-19)32-4/h6-16H,5H2,1-4H3/b27-16+. The third-order valence-electron chi connectivity index (χ3n) is 5.02. The van der Waals surface area contributed by atoms with Crippen molar-refractivity contribution < 1.29 is 19.0 Å². The van der Waals surface area contributed by atoms with Crippen molar-refractivity contribution in [3.8, 4) is 17.2 Å². The Morgan fingerprint density at radius 3 is 2.35 bits per heavy atom. The molecule has 8 heteroatoms. The third-order valence-corrected chi connectivity index (χ3v) is 6.01. The van der Waals surface area contributed by atoms with Gasteiger partial charge in [-0.1, -0.05) is 17.4 Å². The summed E-state index contributed by atoms with van der Waals surface area (Å²) in [4.78, 5) is 18.3. The average molecular weight is 476 g/mol. The van der Waals surface area contributed by atoms with Gasteiger partial charge in [0.2, 0.25) is 5.13 Å². The van der Waals surface area contributed by atoms with E-state index in [1.54, 1.807) is 38.6 Å². The monoisotopic (exact) mass is 475 g/mol. The number of fused-ring (bicyclic) bond motifs is 1. The number of hydrazone groups is 1. The molecule has 0 saturated heterocycles. The highest BCUT2D eigenvalue weighted by atomic mass is 32.1. The number of hydrogen-bond acceptors (Lipinski definition) is 7. The number of benzene rings is 3. The van der Waals surface area contributed by atoms with Gasteiger partial charge in [-0.15, -0.1) is 0 Å². The second kappa shape index (κ2) is 10.4. The molecule has 0 aliphatic rings. The van der Waals surface area contributed by atoms with Crippen molar-refractivity contribution in [2.24, 2.45) is 5.10 Å². The minimum absolute atomic E-state index is 0.352. The van der Waals surface area contributed by atoms with Crippen LogP contribution in [0, 0.1) is 6.92 Å². The number of carbonyl (C=O) groups excluding carboxylic acids is 1. The second-order valence-electron chi connectivity index (χ2n) is 7.43. The molecule has 4 rings (SSSR count). The molecule has 0 fully saturated rings. The van der Waals surface area contributed by atoms with E-state index in [1.165, 1.54) is 16.3 Å². The van der Waals surface area contributed by atoms with Gasteiger partial charge in [-0.05, 0) is 73.5 Å². The predicted molar refractivity (Wildman–Crippen MR) is 136 cm³/mol. The number of aryl methyl sites for hydroxylation is 1. The molecule has 1 aromatic heterocycles. The van der Waals surface area contributed by atoms with Crippen molar-refractivity contribution >= 4 is 38.8 Å². The number of carbonyl (C=O) groups is 1. The Labute approximate surface area is 202 Å². The SMILES string of the molecule is CCOc1ccc(/C=N/N(C(=O)c2cc(OC)cc(OC)c2)c2nc3ccc(C)cc3s2)cc1. The van der Waals surface area contributed by atoms with E-state index in [0.29, 0.717) is 28.8 Å². The second-order valence-corrected chi connectivity index (χ2v) is 8.44. The summed E-state index contributed by atoms with van der Waals surface area (Å²) in [5.41, 5.74) is 3.12. The molecule has 0 aliphatic heterocycles. The minimum Gasteiger partial charge on any atom is -0.497 e. The van der Waals surface area contributed by atoms with Crippen LogP contribution in [0.5, 0.6) is 17.2 Å². The summed E-state index contributed by atoms with van der Waals surface area (Å²) >= 11 is 1.40. The topological polar surface area (TPSA) is 73.2 Å². The van der Waals surface area contributed by atoms with Gasteiger partial charge in [-0.3, -0.25) is 4.79 Å². The van der Waals surface area contributed by atoms with Crippen LogP contribution in [0.3, 0.4) is 0 Å². The van der Waals surface area contributed by atoms with Crippen LogP contribution in [0.15, 0.2) is 65.8 Å². The molecule has 0 bridgehead atoms. The molecule has 0 atom stereocenters. The molecule has 34 heavy (non-hydrogen) atoms. The maximum atomic E-state index is 13.6. The van der Waals surface area contributed by atoms with E-state index in [9.17, 15) is 4.79 Å². The van der Waals surface area contributed by atoms with E-state index in [4.69, 9.17) is 14.2 Å². The molecular weight excluding hydrogens is 450 g/mol. The molecule has 1 amide bonds. The van der Waals surface area contributed by atoms with Crippen LogP contribution < -0.4 is 19.2 Å². The Balaban J connectivity index is 1.74. The lowest BCUT2D eigenvalue weighted by atomic mass is 10.2. The average Bonchev–Trinajstić information content (AvgIpc) is 3.27. The third kappa shape index (κ3) is 5.18. The first-order valence-corrected chi connectivity index (χ1v) is 11.5. The van der Waals surface area contributed by atoms with E-state index in [2.05, 4.69) is 10.1 Å². The summed E-state index contributed by atoms with van der Waals surface area (Å²) in [5.74, 6) is 1.45. The van der Waals surface area contributed by atoms with Gasteiger partial charge < -0.3 is 14.2 Å². The number of anilines is 1. The number of ether oxygens (including phenoxy) is 3. The molecule has 174 valence electrons. The lowest BCUT2D eigenvalue weighted by Gasteiger charge is -2.15. The van der Waals surface area contributed by atoms with Crippen LogP contribution >= 0.6 is 11.3 Å². The van der Waals surface area contributed by atoms with Gasteiger partial charge in [0.25, 0.3) is 5.91 Å². The summed E-state index contributed by atoms with van der Waals surface area (Å²) < 4.78 is 17.2. The fourth-order valence-electron chi connectivity index (χ4n) is 3.29. The fourth-order valence-corrected chi connectivity index (χ4v) is 4.31. The van der Waals surface area contributed by atoms with Crippen molar-refractivity contribution in [3.63, 3.8) is 0 Å². The van der Waals surface area contributed by atoms with Gasteiger partial charge in [0.1, 0.15) is 17.2 Å². The van der Waals surface area contributed by atoms with E-state index in [0.717, 1.165) is 27.1 Å². The summed E-state index contributed by atoms with van der Waals surface area (Å²) in [5, 5.41) is 6.31. The molecule has 0 aliphatic carbocycles. The number of rotatable bonds is 8. The highest BCUT2D eigenvalue weighted by molar-refractivity contribution is 7.22. The molecule has 1 heterocycles. The number of hydrogen-bond donors (Lipinski definition) is 0. The highest BCUT2D eigenvalue weighted by Gasteiger charge is 2.22. The van der Waals surface area contributed by atoms with Crippen LogP contribution in [0.4, 0.5) is 5.13 Å². The maximum absolute atomic E-state index is 13.6. The Bertz CT molecular complexity index is 1310. The van der Waals surface area contributed by atoms with Crippen LogP contribution in [0.1, 0.15) is 28.4 Å². The lowest BCUT2D eigenvalue weighted by molar-refractivity contribution is 0.0987. The molecular formula is C26H25N3O4S. The normalized spacial score (nSPS) is 11.1. The molecule has 4 aromatic rings. The van der Waals surface area contributed by atoms with Crippen LogP contribution in [-0.2, 0) is 0 Å². The Morgan fingerprint density at radius 1 is 1.00 bits per heavy atom. The van der Waals surface area contributed by atoms with Crippen LogP contribution in [0.2, 0.25) is 0 Å². The number of methoxy groups -OCH3 is 2. The minimum atomic E-state index is -0.352. The molecule has 0 unspecified atom stereocenters. The summed E-state index contributed by atoms with van der Waals surface area (Å²) in [6.07, 6.45) is 1.63. The van der Waals surface area contributed by atoms with Gasteiger partial charge in [0.15, 0.2) is 0 Å². The zero-order chi connectivity index (χ0) is 24.1. The van der Waals surface area contributed by atoms with Gasteiger partial charge in [-0.25, -0.2) is 4.98 Å². The molecule has 3 aromatic carbocycles. The summed E-state index contributed by atoms with van der Waals surface area (Å²) in [6, 6.07) is 18.5. The maximum Gasteiger partial charge on any atom is 0.281 e. The van der Waals surface area contributed by atoms with Gasteiger partial charge in [0, 0.05) is 11.6 Å². The van der Waals surface area contributed by atoms with E-state index in [-0.39, 0.29) is 5.91 Å². The van der Waals surface area contributed by atoms with Gasteiger partial charge in [0.05, 0.1) is 37.3 Å². The van der Waals surface area contributed by atoms with Crippen molar-refractivity contribution in [1.29, 1.82) is 0 Å². The smallest absolute Gasteiger partial charge is 0.281 e. The van der Waals surface area contributed by atoms with Gasteiger partial charge >= 0.3 is 0 Å². The first kappa shape index (κ1) is 23.3. The molecule has 7 nitrogen and oxygen atoms in total. The summed E-state index contributed by atoms with van der Waals surface area (Å²) in [6.45, 7) is 4.55. The number of amides is 1. The van der Waals surface area contributed by atoms with Crippen LogP contribution in [-0.4, -0.2) is 37.9 Å². The Morgan fingerprint density at radius 2 is 1.71 bits per heavy atom. The van der Waals surface area contributed by atoms with Crippen molar-refractivity contribution in [2.45, 2.75) is 13.8 Å². The first-order chi connectivity index (χ1) is 16.5. The molecule has 0 radical (unpaired) electrons. The van der Waals surface area contributed by atoms with Crippen LogP contribution in [0.25, 0.3) is 10.2 Å². The molecule has 0 spiro atoms. The molecule has 0 saturated carbocycles. The zero-order valence-corrected chi connectivity index (χ0v) is 20.3. The lowest BCUT2D eigenvalue weighted by Crippen LogP contribution is -2.25. The zero-order valence-electron chi connectivity index (χ0n) is 19.4. The Hall–Kier alpha value is -3.91. The number of nitrogens with zero attached hydrogens (tertiary/aromatic N) is 3. The number of thiazole rings is 1. The van der Waals surface area contributed by atoms with E-state index < -0.39 is 0 Å². The van der Waals surface area contributed by atoms with Crippen molar-refractivity contribution in [1.82, 2.24) is 4.98 Å². The highest BCUT2D eigenvalue weighted by Crippen LogP contribution is 2.32. The number of aromatic nitrogens is 1. The first-order valence-electron chi connectivity index (χ1n) is 10.7. The van der Waals surface area contributed by atoms with E-state index >= 15 is 0 Å². The quantitative estimate of drug-likeness (QED) is 0.241. The van der Waals surface area contributed by atoms with Crippen molar-refractivity contribution in [3.05, 3.63) is 77.4 Å². The fraction of sp³-hybridized carbons (Fsp3) is 0.192. The van der Waals surface area contributed by atoms with Crippen molar-refractivity contribution in [2.75, 3.05) is 25.8 Å². The predicted octanol–water partition coefficient (Wildman–Crippen LogP) is 5.70. The van der Waals surface area contributed by atoms with E-state index in [1.807, 2.05) is 56.3 Å². The molecule has 0 N–H and O–H groups in total. The van der Waals surface area contributed by atoms with Gasteiger partial charge in [-0.2, -0.15) is 10.1 Å². The largest absolute Gasteiger partial charge is 0.497 e. The Kier molecular flexibility index (Phi) is 7.08. The summed E-state index contributed by atoms with van der Waals surface area (Å²) in [7, 11) is 3.08.